The molecule has 2 aromatic rings. The van der Waals surface area contributed by atoms with E-state index in [2.05, 4.69) is 0 Å². The maximum absolute atomic E-state index is 13.0. The summed E-state index contributed by atoms with van der Waals surface area (Å²) in [6.07, 6.45) is -4.54. The van der Waals surface area contributed by atoms with Crippen LogP contribution in [0.3, 0.4) is 0 Å². The fourth-order valence-corrected chi connectivity index (χ4v) is 2.22. The van der Waals surface area contributed by atoms with Crippen LogP contribution in [-0.4, -0.2) is 11.1 Å². The first kappa shape index (κ1) is 18.0. The third-order valence-corrected chi connectivity index (χ3v) is 3.59. The molecule has 0 aliphatic carbocycles. The molecular formula is C18H17F3O3. The monoisotopic (exact) mass is 338 g/mol. The summed E-state index contributed by atoms with van der Waals surface area (Å²) in [5.41, 5.74) is 0.439. The van der Waals surface area contributed by atoms with Crippen LogP contribution in [0.25, 0.3) is 0 Å². The van der Waals surface area contributed by atoms with Crippen molar-refractivity contribution < 1.29 is 27.8 Å². The largest absolute Gasteiger partial charge is 0.481 e. The summed E-state index contributed by atoms with van der Waals surface area (Å²) in [6.45, 7) is 1.59. The molecule has 0 aliphatic heterocycles. The molecule has 1 N–H and O–H groups in total. The number of aliphatic carboxylic acids is 1. The van der Waals surface area contributed by atoms with Crippen LogP contribution in [0, 0.1) is 0 Å². The van der Waals surface area contributed by atoms with Crippen molar-refractivity contribution >= 4 is 5.97 Å². The Labute approximate surface area is 137 Å². The molecule has 0 spiro atoms. The topological polar surface area (TPSA) is 46.5 Å². The quantitative estimate of drug-likeness (QED) is 0.837. The number of alkyl halides is 3. The molecule has 0 saturated heterocycles. The van der Waals surface area contributed by atoms with Gasteiger partial charge in [0, 0.05) is 0 Å². The van der Waals surface area contributed by atoms with Gasteiger partial charge in [-0.3, -0.25) is 4.79 Å². The first-order chi connectivity index (χ1) is 11.3. The normalized spacial score (nSPS) is 12.8. The van der Waals surface area contributed by atoms with Crippen LogP contribution in [0.4, 0.5) is 13.2 Å². The second kappa shape index (κ2) is 7.49. The van der Waals surface area contributed by atoms with E-state index in [1.807, 2.05) is 30.3 Å². The van der Waals surface area contributed by atoms with Gasteiger partial charge >= 0.3 is 12.1 Å². The number of ether oxygens (including phenoxy) is 1. The van der Waals surface area contributed by atoms with Crippen molar-refractivity contribution in [3.05, 3.63) is 70.8 Å². The van der Waals surface area contributed by atoms with Crippen molar-refractivity contribution in [2.45, 2.75) is 32.2 Å². The van der Waals surface area contributed by atoms with Crippen LogP contribution in [0.5, 0.6) is 0 Å². The predicted octanol–water partition coefficient (Wildman–Crippen LogP) is 4.61. The summed E-state index contributed by atoms with van der Waals surface area (Å²) in [7, 11) is 0. The minimum absolute atomic E-state index is 0.0296. The van der Waals surface area contributed by atoms with Crippen molar-refractivity contribution in [3.8, 4) is 0 Å². The van der Waals surface area contributed by atoms with Gasteiger partial charge in [-0.05, 0) is 35.7 Å². The lowest BCUT2D eigenvalue weighted by molar-refractivity contribution is -0.140. The number of carboxylic acid groups (broad SMARTS) is 1. The van der Waals surface area contributed by atoms with Gasteiger partial charge in [0.15, 0.2) is 0 Å². The molecule has 0 bridgehead atoms. The van der Waals surface area contributed by atoms with Crippen LogP contribution in [0.2, 0.25) is 0 Å². The summed E-state index contributed by atoms with van der Waals surface area (Å²) >= 11 is 0. The number of carbonyl (C=O) groups is 1. The van der Waals surface area contributed by atoms with Crippen LogP contribution in [-0.2, 0) is 28.9 Å². The third-order valence-electron chi connectivity index (χ3n) is 3.59. The van der Waals surface area contributed by atoms with E-state index in [0.29, 0.717) is 5.56 Å². The molecule has 6 heteroatoms. The van der Waals surface area contributed by atoms with Crippen molar-refractivity contribution in [3.63, 3.8) is 0 Å². The molecule has 2 rings (SSSR count). The molecule has 0 aromatic heterocycles. The van der Waals surface area contributed by atoms with Crippen LogP contribution < -0.4 is 0 Å². The van der Waals surface area contributed by atoms with Gasteiger partial charge in [0.25, 0.3) is 0 Å². The fourth-order valence-electron chi connectivity index (χ4n) is 2.22. The van der Waals surface area contributed by atoms with Crippen molar-refractivity contribution in [1.29, 1.82) is 0 Å². The number of hydrogen-bond acceptors (Lipinski definition) is 2. The Bertz CT molecular complexity index is 696. The molecule has 0 radical (unpaired) electrons. The average Bonchev–Trinajstić information content (AvgIpc) is 2.54. The van der Waals surface area contributed by atoms with E-state index >= 15 is 0 Å². The average molecular weight is 338 g/mol. The van der Waals surface area contributed by atoms with Gasteiger partial charge in [0.1, 0.15) is 0 Å². The highest BCUT2D eigenvalue weighted by Gasteiger charge is 2.32. The maximum atomic E-state index is 13.0. The molecule has 128 valence electrons. The second-order valence-corrected chi connectivity index (χ2v) is 5.50. The zero-order valence-corrected chi connectivity index (χ0v) is 13.0. The fraction of sp³-hybridized carbons (Fsp3) is 0.278. The lowest BCUT2D eigenvalue weighted by Gasteiger charge is -2.14. The SMILES string of the molecule is CC(C(=O)O)c1cc(COCc2ccccc2)cc(C(F)(F)F)c1. The van der Waals surface area contributed by atoms with Gasteiger partial charge in [-0.1, -0.05) is 36.4 Å². The smallest absolute Gasteiger partial charge is 0.416 e. The Morgan fingerprint density at radius 1 is 1.08 bits per heavy atom. The van der Waals surface area contributed by atoms with Gasteiger partial charge < -0.3 is 9.84 Å². The standard InChI is InChI=1S/C18H17F3O3/c1-12(17(22)23)15-7-14(8-16(9-15)18(19,20)21)11-24-10-13-5-3-2-4-6-13/h2-9,12H,10-11H2,1H3,(H,22,23). The number of halogens is 3. The van der Waals surface area contributed by atoms with Gasteiger partial charge in [0.05, 0.1) is 24.7 Å². The number of hydrogen-bond donors (Lipinski definition) is 1. The summed E-state index contributed by atoms with van der Waals surface area (Å²) in [6, 6.07) is 12.6. The molecule has 0 heterocycles. The first-order valence-electron chi connectivity index (χ1n) is 7.33. The van der Waals surface area contributed by atoms with E-state index in [1.165, 1.54) is 13.0 Å². The Morgan fingerprint density at radius 3 is 2.29 bits per heavy atom. The number of rotatable bonds is 6. The third kappa shape index (κ3) is 4.83. The molecule has 2 aromatic carbocycles. The maximum Gasteiger partial charge on any atom is 0.416 e. The highest BCUT2D eigenvalue weighted by molar-refractivity contribution is 5.75. The molecule has 0 amide bonds. The van der Waals surface area contributed by atoms with E-state index in [9.17, 15) is 18.0 Å². The van der Waals surface area contributed by atoms with Gasteiger partial charge in [-0.15, -0.1) is 0 Å². The molecule has 0 aliphatic rings. The van der Waals surface area contributed by atoms with Gasteiger partial charge in [-0.25, -0.2) is 0 Å². The van der Waals surface area contributed by atoms with Crippen LogP contribution in [0.1, 0.15) is 35.1 Å². The molecule has 1 atom stereocenters. The Hall–Kier alpha value is -2.34. The molecular weight excluding hydrogens is 321 g/mol. The number of carboxylic acids is 1. The summed E-state index contributed by atoms with van der Waals surface area (Å²) < 4.78 is 44.5. The predicted molar refractivity (Wildman–Crippen MR) is 82.4 cm³/mol. The molecule has 1 unspecified atom stereocenters. The Morgan fingerprint density at radius 2 is 1.71 bits per heavy atom. The van der Waals surface area contributed by atoms with Crippen molar-refractivity contribution in [2.24, 2.45) is 0 Å². The summed E-state index contributed by atoms with van der Waals surface area (Å²) in [5, 5.41) is 9.03. The van der Waals surface area contributed by atoms with Crippen molar-refractivity contribution in [2.75, 3.05) is 0 Å². The van der Waals surface area contributed by atoms with Gasteiger partial charge in [0.2, 0.25) is 0 Å². The molecule has 0 saturated carbocycles. The van der Waals surface area contributed by atoms with Crippen LogP contribution in [0.15, 0.2) is 48.5 Å². The second-order valence-electron chi connectivity index (χ2n) is 5.50. The van der Waals surface area contributed by atoms with Crippen molar-refractivity contribution in [1.82, 2.24) is 0 Å². The zero-order chi connectivity index (χ0) is 17.7. The molecule has 0 fully saturated rings. The van der Waals surface area contributed by atoms with E-state index in [0.717, 1.165) is 17.7 Å². The summed E-state index contributed by atoms with van der Waals surface area (Å²) in [4.78, 5) is 11.1. The number of benzene rings is 2. The minimum Gasteiger partial charge on any atom is -0.481 e. The van der Waals surface area contributed by atoms with Crippen LogP contribution >= 0.6 is 0 Å². The molecule has 24 heavy (non-hydrogen) atoms. The van der Waals surface area contributed by atoms with E-state index in [4.69, 9.17) is 9.84 Å². The van der Waals surface area contributed by atoms with E-state index < -0.39 is 23.6 Å². The Balaban J connectivity index is 2.18. The molecule has 3 nitrogen and oxygen atoms in total. The van der Waals surface area contributed by atoms with E-state index in [1.54, 1.807) is 0 Å². The minimum atomic E-state index is -4.54. The summed E-state index contributed by atoms with van der Waals surface area (Å²) in [5.74, 6) is -2.20. The first-order valence-corrected chi connectivity index (χ1v) is 7.33. The highest BCUT2D eigenvalue weighted by Crippen LogP contribution is 2.32. The van der Waals surface area contributed by atoms with Gasteiger partial charge in [-0.2, -0.15) is 13.2 Å². The Kier molecular flexibility index (Phi) is 5.62. The lowest BCUT2D eigenvalue weighted by atomic mass is 9.96. The lowest BCUT2D eigenvalue weighted by Crippen LogP contribution is -2.12. The zero-order valence-electron chi connectivity index (χ0n) is 13.0. The van der Waals surface area contributed by atoms with E-state index in [-0.39, 0.29) is 18.8 Å². The highest BCUT2D eigenvalue weighted by atomic mass is 19.4.